The second kappa shape index (κ2) is 6.12. The molecule has 0 aliphatic carbocycles. The lowest BCUT2D eigenvalue weighted by Crippen LogP contribution is -2.34. The van der Waals surface area contributed by atoms with Crippen molar-refractivity contribution >= 4 is 33.5 Å². The second-order valence-corrected chi connectivity index (χ2v) is 6.73. The third-order valence-corrected chi connectivity index (χ3v) is 5.44. The Morgan fingerprint density at radius 2 is 1.79 bits per heavy atom. The lowest BCUT2D eigenvalue weighted by Gasteiger charge is -2.32. The van der Waals surface area contributed by atoms with Crippen LogP contribution in [0.5, 0.6) is 0 Å². The number of rotatable bonds is 3. The van der Waals surface area contributed by atoms with E-state index in [-0.39, 0.29) is 5.92 Å². The minimum absolute atomic E-state index is 0.248. The number of aromatic nitrogens is 4. The van der Waals surface area contributed by atoms with Crippen molar-refractivity contribution in [2.45, 2.75) is 18.8 Å². The SMILES string of the molecule is NC(=O)c1sc2nccnc2c1C1CCN(c2ncccn2)CC1. The van der Waals surface area contributed by atoms with E-state index >= 15 is 0 Å². The molecule has 7 nitrogen and oxygen atoms in total. The van der Waals surface area contributed by atoms with Crippen LogP contribution in [0.2, 0.25) is 0 Å². The summed E-state index contributed by atoms with van der Waals surface area (Å²) in [7, 11) is 0. The van der Waals surface area contributed by atoms with Gasteiger partial charge in [-0.15, -0.1) is 11.3 Å². The molecule has 24 heavy (non-hydrogen) atoms. The van der Waals surface area contributed by atoms with E-state index in [1.165, 1.54) is 11.3 Å². The predicted octanol–water partition coefficient (Wildman–Crippen LogP) is 1.96. The summed E-state index contributed by atoms with van der Waals surface area (Å²) in [6.07, 6.45) is 8.62. The fourth-order valence-corrected chi connectivity index (χ4v) is 4.27. The Balaban J connectivity index is 1.63. The van der Waals surface area contributed by atoms with E-state index in [0.717, 1.165) is 47.8 Å². The maximum Gasteiger partial charge on any atom is 0.259 e. The first-order valence-corrected chi connectivity index (χ1v) is 8.61. The van der Waals surface area contributed by atoms with Crippen LogP contribution in [-0.4, -0.2) is 38.9 Å². The highest BCUT2D eigenvalue weighted by molar-refractivity contribution is 7.20. The Labute approximate surface area is 142 Å². The Hall–Kier alpha value is -2.61. The molecule has 4 heterocycles. The van der Waals surface area contributed by atoms with Gasteiger partial charge < -0.3 is 10.6 Å². The van der Waals surface area contributed by atoms with Gasteiger partial charge in [-0.1, -0.05) is 0 Å². The van der Waals surface area contributed by atoms with Gasteiger partial charge in [0.05, 0.1) is 4.88 Å². The van der Waals surface area contributed by atoms with Gasteiger partial charge in [0.1, 0.15) is 10.3 Å². The maximum atomic E-state index is 11.9. The summed E-state index contributed by atoms with van der Waals surface area (Å²) in [5.74, 6) is 0.600. The lowest BCUT2D eigenvalue weighted by molar-refractivity contribution is 0.100. The molecule has 3 aromatic heterocycles. The van der Waals surface area contributed by atoms with Crippen molar-refractivity contribution in [2.75, 3.05) is 18.0 Å². The highest BCUT2D eigenvalue weighted by Crippen LogP contribution is 2.39. The number of piperidine rings is 1. The Morgan fingerprint density at radius 3 is 2.50 bits per heavy atom. The zero-order chi connectivity index (χ0) is 16.5. The van der Waals surface area contributed by atoms with Gasteiger partial charge in [0.25, 0.3) is 5.91 Å². The smallest absolute Gasteiger partial charge is 0.259 e. The van der Waals surface area contributed by atoms with Gasteiger partial charge in [0, 0.05) is 43.4 Å². The standard InChI is InChI=1S/C16H16N6OS/c17-14(23)13-11(12-15(24-13)19-7-6-18-12)10-2-8-22(9-3-10)16-20-4-1-5-21-16/h1,4-7,10H,2-3,8-9H2,(H2,17,23). The summed E-state index contributed by atoms with van der Waals surface area (Å²) in [4.78, 5) is 32.8. The molecule has 8 heteroatoms. The Kier molecular flexibility index (Phi) is 3.81. The van der Waals surface area contributed by atoms with Crippen molar-refractivity contribution in [3.63, 3.8) is 0 Å². The van der Waals surface area contributed by atoms with Crippen LogP contribution in [0.15, 0.2) is 30.9 Å². The van der Waals surface area contributed by atoms with E-state index < -0.39 is 5.91 Å². The molecule has 0 atom stereocenters. The molecule has 0 unspecified atom stereocenters. The topological polar surface area (TPSA) is 97.9 Å². The molecule has 0 spiro atoms. The Bertz CT molecular complexity index is 873. The maximum absolute atomic E-state index is 11.9. The van der Waals surface area contributed by atoms with Crippen LogP contribution < -0.4 is 10.6 Å². The van der Waals surface area contributed by atoms with Gasteiger partial charge in [-0.2, -0.15) is 0 Å². The molecule has 0 saturated carbocycles. The van der Waals surface area contributed by atoms with Crippen molar-refractivity contribution in [3.05, 3.63) is 41.3 Å². The van der Waals surface area contributed by atoms with Crippen LogP contribution in [0.4, 0.5) is 5.95 Å². The third-order valence-electron chi connectivity index (χ3n) is 4.33. The zero-order valence-electron chi connectivity index (χ0n) is 12.9. The third kappa shape index (κ3) is 2.58. The first-order valence-electron chi connectivity index (χ1n) is 7.79. The van der Waals surface area contributed by atoms with Crippen molar-refractivity contribution in [2.24, 2.45) is 5.73 Å². The van der Waals surface area contributed by atoms with Crippen LogP contribution in [0.1, 0.15) is 34.0 Å². The normalized spacial score (nSPS) is 15.8. The number of amides is 1. The number of nitrogens with zero attached hydrogens (tertiary/aromatic N) is 5. The van der Waals surface area contributed by atoms with Crippen molar-refractivity contribution < 1.29 is 4.79 Å². The van der Waals surface area contributed by atoms with Crippen LogP contribution in [0.3, 0.4) is 0 Å². The summed E-state index contributed by atoms with van der Waals surface area (Å²) >= 11 is 1.34. The molecule has 122 valence electrons. The number of carbonyl (C=O) groups excluding carboxylic acids is 1. The minimum Gasteiger partial charge on any atom is -0.365 e. The number of thiophene rings is 1. The van der Waals surface area contributed by atoms with E-state index in [1.807, 2.05) is 6.07 Å². The van der Waals surface area contributed by atoms with Crippen molar-refractivity contribution in [1.82, 2.24) is 19.9 Å². The number of fused-ring (bicyclic) bond motifs is 1. The fraction of sp³-hybridized carbons (Fsp3) is 0.312. The minimum atomic E-state index is -0.399. The molecule has 1 amide bonds. The average Bonchev–Trinajstić information content (AvgIpc) is 3.02. The largest absolute Gasteiger partial charge is 0.365 e. The number of anilines is 1. The molecule has 3 aromatic rings. The van der Waals surface area contributed by atoms with Gasteiger partial charge in [0.15, 0.2) is 0 Å². The first-order chi connectivity index (χ1) is 11.7. The van der Waals surface area contributed by atoms with Gasteiger partial charge in [-0.05, 0) is 24.8 Å². The summed E-state index contributed by atoms with van der Waals surface area (Å²) in [6.45, 7) is 1.68. The summed E-state index contributed by atoms with van der Waals surface area (Å²) < 4.78 is 0. The molecule has 1 saturated heterocycles. The van der Waals surface area contributed by atoms with E-state index in [0.29, 0.717) is 4.88 Å². The molecule has 0 bridgehead atoms. The van der Waals surface area contributed by atoms with Gasteiger partial charge >= 0.3 is 0 Å². The Morgan fingerprint density at radius 1 is 1.08 bits per heavy atom. The summed E-state index contributed by atoms with van der Waals surface area (Å²) in [6, 6.07) is 1.81. The highest BCUT2D eigenvalue weighted by Gasteiger charge is 2.29. The highest BCUT2D eigenvalue weighted by atomic mass is 32.1. The number of hydrogen-bond donors (Lipinski definition) is 1. The first kappa shape index (κ1) is 14.9. The van der Waals surface area contributed by atoms with E-state index in [2.05, 4.69) is 24.8 Å². The quantitative estimate of drug-likeness (QED) is 0.783. The molecule has 1 aliphatic heterocycles. The number of nitrogens with two attached hydrogens (primary N) is 1. The van der Waals surface area contributed by atoms with Gasteiger partial charge in [-0.25, -0.2) is 15.0 Å². The molecule has 0 radical (unpaired) electrons. The molecule has 1 fully saturated rings. The number of hydrogen-bond acceptors (Lipinski definition) is 7. The lowest BCUT2D eigenvalue weighted by atomic mass is 9.89. The molecule has 0 aromatic carbocycles. The van der Waals surface area contributed by atoms with Crippen molar-refractivity contribution in [3.8, 4) is 0 Å². The molecular formula is C16H16N6OS. The molecular weight excluding hydrogens is 324 g/mol. The summed E-state index contributed by atoms with van der Waals surface area (Å²) in [5.41, 5.74) is 7.36. The summed E-state index contributed by atoms with van der Waals surface area (Å²) in [5, 5.41) is 0. The molecule has 1 aliphatic rings. The average molecular weight is 340 g/mol. The second-order valence-electron chi connectivity index (χ2n) is 5.73. The van der Waals surface area contributed by atoms with Crippen LogP contribution in [-0.2, 0) is 0 Å². The van der Waals surface area contributed by atoms with Crippen LogP contribution in [0, 0.1) is 0 Å². The van der Waals surface area contributed by atoms with Gasteiger partial charge in [-0.3, -0.25) is 9.78 Å². The fourth-order valence-electron chi connectivity index (χ4n) is 3.23. The van der Waals surface area contributed by atoms with Gasteiger partial charge in [0.2, 0.25) is 5.95 Å². The van der Waals surface area contributed by atoms with E-state index in [1.54, 1.807) is 24.8 Å². The number of carbonyl (C=O) groups is 1. The molecule has 2 N–H and O–H groups in total. The monoisotopic (exact) mass is 340 g/mol. The van der Waals surface area contributed by atoms with Crippen molar-refractivity contribution in [1.29, 1.82) is 0 Å². The van der Waals surface area contributed by atoms with E-state index in [9.17, 15) is 4.79 Å². The van der Waals surface area contributed by atoms with Crippen LogP contribution in [0.25, 0.3) is 10.3 Å². The zero-order valence-corrected chi connectivity index (χ0v) is 13.7. The van der Waals surface area contributed by atoms with E-state index in [4.69, 9.17) is 5.73 Å². The predicted molar refractivity (Wildman–Crippen MR) is 92.2 cm³/mol. The number of primary amides is 1. The molecule has 4 rings (SSSR count). The van der Waals surface area contributed by atoms with Crippen LogP contribution >= 0.6 is 11.3 Å².